The van der Waals surface area contributed by atoms with Crippen LogP contribution in [0.4, 0.5) is 16.3 Å². The summed E-state index contributed by atoms with van der Waals surface area (Å²) in [5.41, 5.74) is 0.785. The lowest BCUT2D eigenvalue weighted by molar-refractivity contribution is 0.196. The van der Waals surface area contributed by atoms with E-state index in [0.717, 1.165) is 24.6 Å². The van der Waals surface area contributed by atoms with Gasteiger partial charge in [0.05, 0.1) is 12.2 Å². The molecule has 0 saturated carbocycles. The lowest BCUT2D eigenvalue weighted by atomic mass is 10.2. The van der Waals surface area contributed by atoms with Gasteiger partial charge in [0.15, 0.2) is 0 Å². The number of amides is 2. The molecular formula is C18H19ClN4O2. The van der Waals surface area contributed by atoms with Crippen LogP contribution in [0, 0.1) is 0 Å². The molecule has 1 fully saturated rings. The van der Waals surface area contributed by atoms with Crippen LogP contribution in [-0.4, -0.2) is 55.2 Å². The van der Waals surface area contributed by atoms with Gasteiger partial charge in [-0.2, -0.15) is 0 Å². The third-order valence-corrected chi connectivity index (χ3v) is 4.77. The molecule has 2 aliphatic heterocycles. The molecule has 6 nitrogen and oxygen atoms in total. The van der Waals surface area contributed by atoms with Gasteiger partial charge in [0, 0.05) is 43.5 Å². The van der Waals surface area contributed by atoms with E-state index in [4.69, 9.17) is 16.3 Å². The Labute approximate surface area is 151 Å². The molecule has 1 aromatic carbocycles. The molecule has 2 amide bonds. The van der Waals surface area contributed by atoms with E-state index in [1.54, 1.807) is 23.2 Å². The zero-order valence-corrected chi connectivity index (χ0v) is 14.5. The van der Waals surface area contributed by atoms with Crippen molar-refractivity contribution < 1.29 is 9.53 Å². The molecule has 130 valence electrons. The normalized spacial score (nSPS) is 17.1. The summed E-state index contributed by atoms with van der Waals surface area (Å²) < 4.78 is 5.63. The molecule has 0 unspecified atom stereocenters. The predicted molar refractivity (Wildman–Crippen MR) is 97.7 cm³/mol. The molecule has 2 aliphatic rings. The number of pyridine rings is 1. The number of fused-ring (bicyclic) bond motifs is 1. The summed E-state index contributed by atoms with van der Waals surface area (Å²) in [6.07, 6.45) is 1.79. The van der Waals surface area contributed by atoms with Crippen LogP contribution in [0.2, 0.25) is 5.02 Å². The van der Waals surface area contributed by atoms with E-state index in [-0.39, 0.29) is 6.03 Å². The molecule has 3 heterocycles. The van der Waals surface area contributed by atoms with Crippen molar-refractivity contribution in [3.8, 4) is 5.75 Å². The van der Waals surface area contributed by atoms with E-state index < -0.39 is 0 Å². The van der Waals surface area contributed by atoms with Crippen LogP contribution in [0.15, 0.2) is 42.6 Å². The van der Waals surface area contributed by atoms with Crippen molar-refractivity contribution in [2.24, 2.45) is 0 Å². The fraction of sp³-hybridized carbons (Fsp3) is 0.333. The van der Waals surface area contributed by atoms with Gasteiger partial charge in [0.25, 0.3) is 0 Å². The Morgan fingerprint density at radius 3 is 2.68 bits per heavy atom. The van der Waals surface area contributed by atoms with E-state index in [1.165, 1.54) is 0 Å². The highest BCUT2D eigenvalue weighted by molar-refractivity contribution is 6.30. The maximum absolute atomic E-state index is 13.0. The topological polar surface area (TPSA) is 48.9 Å². The lowest BCUT2D eigenvalue weighted by Crippen LogP contribution is -2.54. The van der Waals surface area contributed by atoms with Gasteiger partial charge in [-0.3, -0.25) is 4.90 Å². The van der Waals surface area contributed by atoms with Gasteiger partial charge < -0.3 is 14.5 Å². The Kier molecular flexibility index (Phi) is 4.36. The van der Waals surface area contributed by atoms with E-state index in [0.29, 0.717) is 37.0 Å². The van der Waals surface area contributed by atoms with Crippen molar-refractivity contribution in [2.75, 3.05) is 49.1 Å². The van der Waals surface area contributed by atoms with Crippen LogP contribution < -0.4 is 14.5 Å². The highest BCUT2D eigenvalue weighted by atomic mass is 35.5. The van der Waals surface area contributed by atoms with Gasteiger partial charge in [-0.1, -0.05) is 17.7 Å². The number of benzene rings is 1. The lowest BCUT2D eigenvalue weighted by Gasteiger charge is -2.39. The minimum atomic E-state index is 0.0209. The number of anilines is 2. The molecule has 2 aromatic rings. The van der Waals surface area contributed by atoms with Crippen LogP contribution in [0.3, 0.4) is 0 Å². The van der Waals surface area contributed by atoms with Crippen molar-refractivity contribution in [3.05, 3.63) is 47.6 Å². The fourth-order valence-corrected chi connectivity index (χ4v) is 3.39. The highest BCUT2D eigenvalue weighted by Crippen LogP contribution is 2.34. The first-order valence-corrected chi connectivity index (χ1v) is 8.75. The summed E-state index contributed by atoms with van der Waals surface area (Å²) >= 11 is 6.02. The molecule has 4 rings (SSSR count). The van der Waals surface area contributed by atoms with Gasteiger partial charge in [0.2, 0.25) is 0 Å². The molecule has 0 aliphatic carbocycles. The summed E-state index contributed by atoms with van der Waals surface area (Å²) in [5.74, 6) is 1.63. The number of rotatable bonds is 1. The molecule has 0 spiro atoms. The second-order valence-electron chi connectivity index (χ2n) is 6.06. The number of carbonyl (C=O) groups is 1. The number of nitrogens with zero attached hydrogens (tertiary/aromatic N) is 4. The molecule has 0 bridgehead atoms. The monoisotopic (exact) mass is 358 g/mol. The van der Waals surface area contributed by atoms with E-state index >= 15 is 0 Å². The predicted octanol–water partition coefficient (Wildman–Crippen LogP) is 2.88. The Balaban J connectivity index is 1.45. The molecule has 25 heavy (non-hydrogen) atoms. The van der Waals surface area contributed by atoms with Gasteiger partial charge in [-0.15, -0.1) is 0 Å². The quantitative estimate of drug-likeness (QED) is 0.786. The van der Waals surface area contributed by atoms with Crippen LogP contribution in [0.25, 0.3) is 0 Å². The van der Waals surface area contributed by atoms with E-state index in [9.17, 15) is 4.79 Å². The number of halogens is 1. The third kappa shape index (κ3) is 3.22. The zero-order chi connectivity index (χ0) is 17.2. The molecule has 1 aromatic heterocycles. The average Bonchev–Trinajstić information content (AvgIpc) is 2.67. The number of piperazine rings is 1. The fourth-order valence-electron chi connectivity index (χ4n) is 3.23. The van der Waals surface area contributed by atoms with Crippen molar-refractivity contribution >= 4 is 29.1 Å². The Bertz CT molecular complexity index is 763. The van der Waals surface area contributed by atoms with Crippen LogP contribution in [-0.2, 0) is 0 Å². The maximum Gasteiger partial charge on any atom is 0.324 e. The average molecular weight is 359 g/mol. The minimum absolute atomic E-state index is 0.0209. The number of aromatic nitrogens is 1. The number of urea groups is 1. The van der Waals surface area contributed by atoms with Gasteiger partial charge in [0.1, 0.15) is 18.2 Å². The largest absolute Gasteiger partial charge is 0.489 e. The number of hydrogen-bond acceptors (Lipinski definition) is 4. The van der Waals surface area contributed by atoms with E-state index in [2.05, 4.69) is 9.88 Å². The smallest absolute Gasteiger partial charge is 0.324 e. The summed E-state index contributed by atoms with van der Waals surface area (Å²) in [6.45, 7) is 3.94. The molecule has 0 N–H and O–H groups in total. The van der Waals surface area contributed by atoms with Crippen LogP contribution in [0.1, 0.15) is 0 Å². The molecular weight excluding hydrogens is 340 g/mol. The molecule has 1 saturated heterocycles. The molecule has 7 heteroatoms. The highest BCUT2D eigenvalue weighted by Gasteiger charge is 2.30. The molecule has 0 radical (unpaired) electrons. The Hall–Kier alpha value is -2.47. The first-order chi connectivity index (χ1) is 12.2. The van der Waals surface area contributed by atoms with Crippen LogP contribution in [0.5, 0.6) is 5.75 Å². The number of carbonyl (C=O) groups excluding carboxylic acids is 1. The first-order valence-electron chi connectivity index (χ1n) is 8.37. The third-order valence-electron chi connectivity index (χ3n) is 4.54. The summed E-state index contributed by atoms with van der Waals surface area (Å²) in [6, 6.07) is 11.3. The van der Waals surface area contributed by atoms with Crippen molar-refractivity contribution in [1.82, 2.24) is 9.88 Å². The number of ether oxygens (including phenoxy) is 1. The SMILES string of the molecule is O=C(N1CCN(c2ccccn2)CC1)N1CCOc2cc(Cl)ccc21. The standard InChI is InChI=1S/C18H19ClN4O2/c19-14-4-5-15-16(13-14)25-12-11-23(15)18(24)22-9-7-21(8-10-22)17-3-1-2-6-20-17/h1-6,13H,7-12H2. The first kappa shape index (κ1) is 16.0. The van der Waals surface area contributed by atoms with Crippen molar-refractivity contribution in [2.45, 2.75) is 0 Å². The number of hydrogen-bond donors (Lipinski definition) is 0. The Morgan fingerprint density at radius 1 is 1.08 bits per heavy atom. The van der Waals surface area contributed by atoms with Crippen LogP contribution >= 0.6 is 11.6 Å². The van der Waals surface area contributed by atoms with E-state index in [1.807, 2.05) is 29.2 Å². The second kappa shape index (κ2) is 6.80. The summed E-state index contributed by atoms with van der Waals surface area (Å²) in [7, 11) is 0. The van der Waals surface area contributed by atoms with Crippen molar-refractivity contribution in [3.63, 3.8) is 0 Å². The zero-order valence-electron chi connectivity index (χ0n) is 13.8. The molecule has 0 atom stereocenters. The summed E-state index contributed by atoms with van der Waals surface area (Å²) in [5, 5.41) is 0.608. The summed E-state index contributed by atoms with van der Waals surface area (Å²) in [4.78, 5) is 23.2. The minimum Gasteiger partial charge on any atom is -0.489 e. The van der Waals surface area contributed by atoms with Crippen molar-refractivity contribution in [1.29, 1.82) is 0 Å². The maximum atomic E-state index is 13.0. The van der Waals surface area contributed by atoms with Gasteiger partial charge >= 0.3 is 6.03 Å². The Morgan fingerprint density at radius 2 is 1.92 bits per heavy atom. The second-order valence-corrected chi connectivity index (χ2v) is 6.49. The van der Waals surface area contributed by atoms with Gasteiger partial charge in [-0.25, -0.2) is 9.78 Å². The van der Waals surface area contributed by atoms with Gasteiger partial charge in [-0.05, 0) is 24.3 Å².